The standard InChI is InChI=1S/C29H28O8/c1-4-35-24(30)14-16-13-19(17-9-5-7-11-21(17)33-2)25-23(36-16)15-20(18-10-6-8-12-22(18)34-3)26-27(25)29(32)37-28(26)31/h5-12,14-15,19-20,25-27H,4,13H2,1-3H3/b16-14+/t19-,20-,25-,26+,27-/m1/s1. The first-order valence-corrected chi connectivity index (χ1v) is 12.2. The zero-order valence-electron chi connectivity index (χ0n) is 20.8. The van der Waals surface area contributed by atoms with Gasteiger partial charge in [0.05, 0.1) is 38.7 Å². The molecule has 37 heavy (non-hydrogen) atoms. The van der Waals surface area contributed by atoms with E-state index in [-0.39, 0.29) is 12.5 Å². The Bertz CT molecular complexity index is 1290. The van der Waals surface area contributed by atoms with Gasteiger partial charge in [-0.1, -0.05) is 36.4 Å². The number of methoxy groups -OCH3 is 2. The summed E-state index contributed by atoms with van der Waals surface area (Å²) in [5.74, 6) is -2.36. The van der Waals surface area contributed by atoms with Gasteiger partial charge in [0.1, 0.15) is 23.0 Å². The zero-order valence-corrected chi connectivity index (χ0v) is 20.8. The molecule has 8 heteroatoms. The molecule has 5 rings (SSSR count). The van der Waals surface area contributed by atoms with Crippen LogP contribution in [-0.4, -0.2) is 38.7 Å². The first-order valence-electron chi connectivity index (χ1n) is 12.2. The largest absolute Gasteiger partial charge is 0.496 e. The number of ether oxygens (including phenoxy) is 5. The van der Waals surface area contributed by atoms with E-state index in [1.165, 1.54) is 6.08 Å². The molecule has 2 aromatic carbocycles. The van der Waals surface area contributed by atoms with Gasteiger partial charge >= 0.3 is 17.9 Å². The van der Waals surface area contributed by atoms with E-state index in [1.54, 1.807) is 21.1 Å². The van der Waals surface area contributed by atoms with Gasteiger partial charge in [-0.15, -0.1) is 0 Å². The van der Waals surface area contributed by atoms with Gasteiger partial charge in [0.15, 0.2) is 0 Å². The van der Waals surface area contributed by atoms with Crippen molar-refractivity contribution < 1.29 is 38.1 Å². The van der Waals surface area contributed by atoms with Crippen LogP contribution < -0.4 is 9.47 Å². The second kappa shape index (κ2) is 10.1. The Morgan fingerprint density at radius 1 is 0.892 bits per heavy atom. The van der Waals surface area contributed by atoms with Crippen LogP contribution >= 0.6 is 0 Å². The highest BCUT2D eigenvalue weighted by atomic mass is 16.6. The van der Waals surface area contributed by atoms with Crippen LogP contribution in [0.4, 0.5) is 0 Å². The summed E-state index contributed by atoms with van der Waals surface area (Å²) in [6.45, 7) is 1.97. The van der Waals surface area contributed by atoms with Gasteiger partial charge in [-0.25, -0.2) is 4.79 Å². The molecule has 2 saturated heterocycles. The van der Waals surface area contributed by atoms with Crippen LogP contribution in [0.15, 0.2) is 72.2 Å². The lowest BCUT2D eigenvalue weighted by atomic mass is 9.62. The maximum absolute atomic E-state index is 13.2. The van der Waals surface area contributed by atoms with Crippen molar-refractivity contribution in [3.63, 3.8) is 0 Å². The number of rotatable bonds is 6. The fraction of sp³-hybridized carbons (Fsp3) is 0.345. The molecule has 0 aromatic heterocycles. The second-order valence-electron chi connectivity index (χ2n) is 9.17. The van der Waals surface area contributed by atoms with Crippen molar-refractivity contribution in [2.75, 3.05) is 20.8 Å². The Hall–Kier alpha value is -4.07. The summed E-state index contributed by atoms with van der Waals surface area (Å²) < 4.78 is 27.8. The summed E-state index contributed by atoms with van der Waals surface area (Å²) >= 11 is 0. The minimum atomic E-state index is -0.776. The number of allylic oxidation sites excluding steroid dienone is 3. The van der Waals surface area contributed by atoms with E-state index in [0.717, 1.165) is 11.1 Å². The number of para-hydroxylation sites is 2. The maximum Gasteiger partial charge on any atom is 0.334 e. The number of esters is 3. The van der Waals surface area contributed by atoms with Crippen LogP contribution in [0.25, 0.3) is 0 Å². The molecule has 0 unspecified atom stereocenters. The smallest absolute Gasteiger partial charge is 0.334 e. The highest BCUT2D eigenvalue weighted by molar-refractivity contribution is 5.98. The lowest BCUT2D eigenvalue weighted by molar-refractivity contribution is -0.154. The summed E-state index contributed by atoms with van der Waals surface area (Å²) in [6, 6.07) is 14.9. The van der Waals surface area contributed by atoms with Gasteiger partial charge in [-0.3, -0.25) is 9.59 Å². The Balaban J connectivity index is 1.69. The molecule has 2 aliphatic heterocycles. The summed E-state index contributed by atoms with van der Waals surface area (Å²) in [5, 5.41) is 0. The van der Waals surface area contributed by atoms with Crippen LogP contribution in [-0.2, 0) is 28.6 Å². The number of carbonyl (C=O) groups is 3. The molecule has 1 aliphatic carbocycles. The minimum Gasteiger partial charge on any atom is -0.496 e. The van der Waals surface area contributed by atoms with Gasteiger partial charge in [-0.05, 0) is 30.7 Å². The molecule has 2 fully saturated rings. The molecular weight excluding hydrogens is 476 g/mol. The molecule has 0 spiro atoms. The minimum absolute atomic E-state index is 0.234. The Morgan fingerprint density at radius 3 is 2.19 bits per heavy atom. The number of hydrogen-bond acceptors (Lipinski definition) is 8. The van der Waals surface area contributed by atoms with Gasteiger partial charge < -0.3 is 23.7 Å². The van der Waals surface area contributed by atoms with E-state index < -0.39 is 41.6 Å². The number of cyclic esters (lactones) is 2. The predicted molar refractivity (Wildman–Crippen MR) is 132 cm³/mol. The molecule has 8 nitrogen and oxygen atoms in total. The number of hydrogen-bond donors (Lipinski definition) is 0. The predicted octanol–water partition coefficient (Wildman–Crippen LogP) is 4.27. The summed E-state index contributed by atoms with van der Waals surface area (Å²) in [7, 11) is 3.14. The van der Waals surface area contributed by atoms with Gasteiger partial charge in [0, 0.05) is 29.7 Å². The molecule has 0 radical (unpaired) electrons. The van der Waals surface area contributed by atoms with Crippen molar-refractivity contribution in [2.24, 2.45) is 17.8 Å². The van der Waals surface area contributed by atoms with Crippen LogP contribution in [0, 0.1) is 17.8 Å². The van der Waals surface area contributed by atoms with Crippen LogP contribution in [0.1, 0.15) is 36.3 Å². The Kier molecular flexibility index (Phi) is 6.74. The molecule has 0 N–H and O–H groups in total. The Morgan fingerprint density at radius 2 is 1.51 bits per heavy atom. The quantitative estimate of drug-likeness (QED) is 0.327. The SMILES string of the molecule is CCOC(=O)/C=C1\C[C@H](c2ccccc2OC)[C@@H]2C(=C[C@H](c3ccccc3OC)[C@@H]3C(=O)OC(=O)[C@@H]32)O1. The average Bonchev–Trinajstić information content (AvgIpc) is 3.21. The van der Waals surface area contributed by atoms with Crippen molar-refractivity contribution in [3.05, 3.63) is 83.3 Å². The third-order valence-corrected chi connectivity index (χ3v) is 7.28. The molecule has 5 atom stereocenters. The van der Waals surface area contributed by atoms with Gasteiger partial charge in [0.2, 0.25) is 0 Å². The number of carbonyl (C=O) groups excluding carboxylic acids is 3. The number of benzene rings is 2. The molecule has 0 amide bonds. The highest BCUT2D eigenvalue weighted by Crippen LogP contribution is 2.57. The van der Waals surface area contributed by atoms with E-state index in [0.29, 0.717) is 29.4 Å². The second-order valence-corrected chi connectivity index (χ2v) is 9.17. The molecule has 2 aromatic rings. The average molecular weight is 505 g/mol. The van der Waals surface area contributed by atoms with E-state index in [4.69, 9.17) is 23.7 Å². The Labute approximate surface area is 214 Å². The molecule has 3 aliphatic rings. The van der Waals surface area contributed by atoms with Crippen molar-refractivity contribution in [1.82, 2.24) is 0 Å². The normalized spacial score (nSPS) is 27.4. The topological polar surface area (TPSA) is 97.4 Å². The van der Waals surface area contributed by atoms with Gasteiger partial charge in [-0.2, -0.15) is 0 Å². The van der Waals surface area contributed by atoms with E-state index in [2.05, 4.69) is 0 Å². The lowest BCUT2D eigenvalue weighted by Gasteiger charge is -2.43. The monoisotopic (exact) mass is 504 g/mol. The first kappa shape index (κ1) is 24.6. The fourth-order valence-electron chi connectivity index (χ4n) is 5.83. The third-order valence-electron chi connectivity index (χ3n) is 7.28. The first-order chi connectivity index (χ1) is 18.0. The fourth-order valence-corrected chi connectivity index (χ4v) is 5.83. The lowest BCUT2D eigenvalue weighted by Crippen LogP contribution is -2.41. The van der Waals surface area contributed by atoms with E-state index in [9.17, 15) is 14.4 Å². The molecular formula is C29H28O8. The summed E-state index contributed by atoms with van der Waals surface area (Å²) in [4.78, 5) is 38.6. The van der Waals surface area contributed by atoms with Crippen molar-refractivity contribution >= 4 is 17.9 Å². The van der Waals surface area contributed by atoms with Gasteiger partial charge in [0.25, 0.3) is 0 Å². The van der Waals surface area contributed by atoms with Crippen LogP contribution in [0.3, 0.4) is 0 Å². The molecule has 2 heterocycles. The number of fused-ring (bicyclic) bond motifs is 3. The van der Waals surface area contributed by atoms with Crippen LogP contribution in [0.2, 0.25) is 0 Å². The summed E-state index contributed by atoms with van der Waals surface area (Å²) in [6.07, 6.45) is 3.51. The van der Waals surface area contributed by atoms with Crippen molar-refractivity contribution in [3.8, 4) is 11.5 Å². The molecule has 192 valence electrons. The highest BCUT2D eigenvalue weighted by Gasteiger charge is 2.59. The van der Waals surface area contributed by atoms with Crippen molar-refractivity contribution in [2.45, 2.75) is 25.2 Å². The van der Waals surface area contributed by atoms with E-state index in [1.807, 2.05) is 54.6 Å². The maximum atomic E-state index is 13.2. The zero-order chi connectivity index (χ0) is 26.1. The van der Waals surface area contributed by atoms with Crippen LogP contribution in [0.5, 0.6) is 11.5 Å². The summed E-state index contributed by atoms with van der Waals surface area (Å²) in [5.41, 5.74) is 1.59. The van der Waals surface area contributed by atoms with Crippen molar-refractivity contribution in [1.29, 1.82) is 0 Å². The molecule has 0 saturated carbocycles. The third kappa shape index (κ3) is 4.37. The van der Waals surface area contributed by atoms with E-state index >= 15 is 0 Å². The molecule has 0 bridgehead atoms.